The third-order valence-corrected chi connectivity index (χ3v) is 3.74. The fourth-order valence-corrected chi connectivity index (χ4v) is 2.58. The fourth-order valence-electron chi connectivity index (χ4n) is 2.58. The molecule has 1 aliphatic carbocycles. The van der Waals surface area contributed by atoms with Crippen LogP contribution in [0.5, 0.6) is 0 Å². The number of urea groups is 1. The zero-order valence-corrected chi connectivity index (χ0v) is 11.7. The number of nitrogens with zero attached hydrogens (tertiary/aromatic N) is 1. The van der Waals surface area contributed by atoms with Gasteiger partial charge in [-0.05, 0) is 37.8 Å². The summed E-state index contributed by atoms with van der Waals surface area (Å²) in [5.41, 5.74) is 1.40. The summed E-state index contributed by atoms with van der Waals surface area (Å²) in [5.74, 6) is -1.32. The molecule has 116 valence electrons. The van der Waals surface area contributed by atoms with Crippen LogP contribution in [0.3, 0.4) is 0 Å². The Kier molecular flexibility index (Phi) is 4.69. The van der Waals surface area contributed by atoms with Crippen molar-refractivity contribution in [2.75, 3.05) is 5.32 Å². The number of aryl methyl sites for hydroxylation is 1. The van der Waals surface area contributed by atoms with E-state index in [-0.39, 0.29) is 12.8 Å². The highest BCUT2D eigenvalue weighted by atomic mass is 19.4. The van der Waals surface area contributed by atoms with Crippen molar-refractivity contribution < 1.29 is 18.0 Å². The molecule has 0 bridgehead atoms. The third-order valence-electron chi connectivity index (χ3n) is 3.74. The Bertz CT molecular complexity index is 504. The molecule has 0 aliphatic heterocycles. The molecule has 2 amide bonds. The number of halogens is 3. The van der Waals surface area contributed by atoms with Crippen LogP contribution in [0, 0.1) is 12.8 Å². The monoisotopic (exact) mass is 301 g/mol. The van der Waals surface area contributed by atoms with Crippen LogP contribution in [0.4, 0.5) is 23.7 Å². The number of aromatic nitrogens is 1. The summed E-state index contributed by atoms with van der Waals surface area (Å²) in [6.07, 6.45) is 0.120. The SMILES string of the molecule is Cc1cnccc1NC(=O)N[C@@H]1CCC[C@H](C(F)(F)F)C1. The minimum atomic E-state index is -4.18. The van der Waals surface area contributed by atoms with E-state index in [2.05, 4.69) is 15.6 Å². The molecule has 0 aromatic carbocycles. The molecule has 0 unspecified atom stereocenters. The van der Waals surface area contributed by atoms with E-state index in [4.69, 9.17) is 0 Å². The Morgan fingerprint density at radius 3 is 2.81 bits per heavy atom. The molecule has 21 heavy (non-hydrogen) atoms. The fraction of sp³-hybridized carbons (Fsp3) is 0.571. The third kappa shape index (κ3) is 4.34. The smallest absolute Gasteiger partial charge is 0.335 e. The Morgan fingerprint density at radius 1 is 1.38 bits per heavy atom. The number of amides is 2. The summed E-state index contributed by atoms with van der Waals surface area (Å²) in [5, 5.41) is 5.27. The maximum absolute atomic E-state index is 12.7. The van der Waals surface area contributed by atoms with Crippen LogP contribution < -0.4 is 10.6 Å². The minimum absolute atomic E-state index is 0.0494. The molecule has 0 saturated heterocycles. The van der Waals surface area contributed by atoms with Crippen molar-refractivity contribution in [1.82, 2.24) is 10.3 Å². The second-order valence-corrected chi connectivity index (χ2v) is 5.39. The van der Waals surface area contributed by atoms with Gasteiger partial charge in [0.15, 0.2) is 0 Å². The molecule has 1 fully saturated rings. The number of carbonyl (C=O) groups is 1. The Labute approximate surface area is 121 Å². The van der Waals surface area contributed by atoms with Crippen molar-refractivity contribution in [3.63, 3.8) is 0 Å². The van der Waals surface area contributed by atoms with E-state index in [9.17, 15) is 18.0 Å². The first kappa shape index (κ1) is 15.6. The van der Waals surface area contributed by atoms with E-state index in [0.717, 1.165) is 5.56 Å². The zero-order chi connectivity index (χ0) is 15.5. The van der Waals surface area contributed by atoms with Crippen molar-refractivity contribution in [1.29, 1.82) is 0 Å². The lowest BCUT2D eigenvalue weighted by atomic mass is 9.85. The van der Waals surface area contributed by atoms with Gasteiger partial charge in [0.1, 0.15) is 0 Å². The van der Waals surface area contributed by atoms with Crippen molar-refractivity contribution in [2.45, 2.75) is 44.8 Å². The molecule has 1 aliphatic rings. The molecule has 2 atom stereocenters. The predicted molar refractivity (Wildman–Crippen MR) is 72.9 cm³/mol. The topological polar surface area (TPSA) is 54.0 Å². The van der Waals surface area contributed by atoms with Gasteiger partial charge in [-0.25, -0.2) is 4.79 Å². The number of carbonyl (C=O) groups excluding carboxylic acids is 1. The van der Waals surface area contributed by atoms with Crippen molar-refractivity contribution in [3.8, 4) is 0 Å². The molecule has 7 heteroatoms. The number of rotatable bonds is 2. The summed E-state index contributed by atoms with van der Waals surface area (Å²) in [6.45, 7) is 1.79. The van der Waals surface area contributed by atoms with Gasteiger partial charge in [-0.3, -0.25) is 4.98 Å². The van der Waals surface area contributed by atoms with Gasteiger partial charge in [0, 0.05) is 24.1 Å². The molecule has 1 aromatic heterocycles. The molecule has 4 nitrogen and oxygen atoms in total. The average molecular weight is 301 g/mol. The maximum Gasteiger partial charge on any atom is 0.391 e. The van der Waals surface area contributed by atoms with E-state index in [1.54, 1.807) is 25.4 Å². The molecule has 1 aromatic rings. The lowest BCUT2D eigenvalue weighted by molar-refractivity contribution is -0.183. The standard InChI is InChI=1S/C14H18F3N3O/c1-9-8-18-6-5-12(9)20-13(21)19-11-4-2-3-10(7-11)14(15,16)17/h5-6,8,10-11H,2-4,7H2,1H3,(H2,18,19,20,21)/t10-,11+/m0/s1. The summed E-state index contributed by atoms with van der Waals surface area (Å²) < 4.78 is 38.1. The van der Waals surface area contributed by atoms with E-state index in [0.29, 0.717) is 18.5 Å². The molecular weight excluding hydrogens is 283 g/mol. The molecule has 1 heterocycles. The highest BCUT2D eigenvalue weighted by Gasteiger charge is 2.42. The van der Waals surface area contributed by atoms with Crippen LogP contribution in [0.15, 0.2) is 18.5 Å². The number of pyridine rings is 1. The van der Waals surface area contributed by atoms with Crippen molar-refractivity contribution in [2.24, 2.45) is 5.92 Å². The van der Waals surface area contributed by atoms with Crippen molar-refractivity contribution >= 4 is 11.7 Å². The second kappa shape index (κ2) is 6.32. The summed E-state index contributed by atoms with van der Waals surface area (Å²) in [6, 6.07) is 0.735. The Hall–Kier alpha value is -1.79. The van der Waals surface area contributed by atoms with E-state index < -0.39 is 24.2 Å². The Morgan fingerprint density at radius 2 is 2.14 bits per heavy atom. The van der Waals surface area contributed by atoms with Crippen molar-refractivity contribution in [3.05, 3.63) is 24.0 Å². The minimum Gasteiger partial charge on any atom is -0.335 e. The predicted octanol–water partition coefficient (Wildman–Crippen LogP) is 3.63. The van der Waals surface area contributed by atoms with Crippen LogP contribution in [0.1, 0.15) is 31.2 Å². The lowest BCUT2D eigenvalue weighted by Crippen LogP contribution is -2.43. The first-order valence-electron chi connectivity index (χ1n) is 6.91. The van der Waals surface area contributed by atoms with Gasteiger partial charge < -0.3 is 10.6 Å². The quantitative estimate of drug-likeness (QED) is 0.876. The van der Waals surface area contributed by atoms with E-state index >= 15 is 0 Å². The number of nitrogens with one attached hydrogen (secondary N) is 2. The second-order valence-electron chi connectivity index (χ2n) is 5.39. The summed E-state index contributed by atoms with van der Waals surface area (Å²) >= 11 is 0. The molecule has 2 rings (SSSR count). The van der Waals surface area contributed by atoms with Crippen LogP contribution in [-0.4, -0.2) is 23.2 Å². The molecule has 1 saturated carbocycles. The lowest BCUT2D eigenvalue weighted by Gasteiger charge is -2.31. The first-order valence-corrected chi connectivity index (χ1v) is 6.91. The van der Waals surface area contributed by atoms with Gasteiger partial charge >= 0.3 is 12.2 Å². The zero-order valence-electron chi connectivity index (χ0n) is 11.7. The number of hydrogen-bond donors (Lipinski definition) is 2. The van der Waals surface area contributed by atoms with Gasteiger partial charge in [-0.2, -0.15) is 13.2 Å². The van der Waals surface area contributed by atoms with Gasteiger partial charge in [-0.15, -0.1) is 0 Å². The van der Waals surface area contributed by atoms with E-state index in [1.807, 2.05) is 0 Å². The van der Waals surface area contributed by atoms with Crippen LogP contribution in [0.25, 0.3) is 0 Å². The first-order chi connectivity index (χ1) is 9.86. The average Bonchev–Trinajstić information content (AvgIpc) is 2.41. The summed E-state index contributed by atoms with van der Waals surface area (Å²) in [7, 11) is 0. The summed E-state index contributed by atoms with van der Waals surface area (Å²) in [4.78, 5) is 15.8. The van der Waals surface area contributed by atoms with Crippen LogP contribution in [-0.2, 0) is 0 Å². The highest BCUT2D eigenvalue weighted by Crippen LogP contribution is 2.37. The molecular formula is C14H18F3N3O. The van der Waals surface area contributed by atoms with Gasteiger partial charge in [-0.1, -0.05) is 6.42 Å². The van der Waals surface area contributed by atoms with Gasteiger partial charge in [0.2, 0.25) is 0 Å². The number of anilines is 1. The highest BCUT2D eigenvalue weighted by molar-refractivity contribution is 5.90. The van der Waals surface area contributed by atoms with Gasteiger partial charge in [0.05, 0.1) is 5.92 Å². The van der Waals surface area contributed by atoms with E-state index in [1.165, 1.54) is 0 Å². The Balaban J connectivity index is 1.89. The largest absolute Gasteiger partial charge is 0.391 e. The van der Waals surface area contributed by atoms with Gasteiger partial charge in [0.25, 0.3) is 0 Å². The number of hydrogen-bond acceptors (Lipinski definition) is 2. The molecule has 0 spiro atoms. The van der Waals surface area contributed by atoms with Crippen LogP contribution >= 0.6 is 0 Å². The normalized spacial score (nSPS) is 22.7. The molecule has 2 N–H and O–H groups in total. The van der Waals surface area contributed by atoms with Crippen LogP contribution in [0.2, 0.25) is 0 Å². The molecule has 0 radical (unpaired) electrons. The number of alkyl halides is 3. The maximum atomic E-state index is 12.7.